The highest BCUT2D eigenvalue weighted by atomic mass is 16.5. The second-order valence-corrected chi connectivity index (χ2v) is 5.31. The van der Waals surface area contributed by atoms with Crippen LogP contribution in [0.2, 0.25) is 0 Å². The maximum atomic E-state index is 8.76. The fourth-order valence-electron chi connectivity index (χ4n) is 2.34. The standard InChI is InChI=1S/C17H19N5O2/c1-13(19-15-4-8-17(9-5-15)24-11-10-23)14-2-6-16(7-3-14)22-12-18-20-21-22/h2-9,12-13,19,23H,10-11H2,1H3. The van der Waals surface area contributed by atoms with Gasteiger partial charge in [0.05, 0.1) is 12.3 Å². The summed E-state index contributed by atoms with van der Waals surface area (Å²) < 4.78 is 6.97. The molecule has 1 unspecified atom stereocenters. The van der Waals surface area contributed by atoms with Gasteiger partial charge in [-0.05, 0) is 59.3 Å². The Balaban J connectivity index is 1.63. The van der Waals surface area contributed by atoms with Crippen LogP contribution in [-0.2, 0) is 0 Å². The van der Waals surface area contributed by atoms with Gasteiger partial charge < -0.3 is 15.2 Å². The third-order valence-corrected chi connectivity index (χ3v) is 3.60. The molecule has 1 heterocycles. The summed E-state index contributed by atoms with van der Waals surface area (Å²) in [6, 6.07) is 15.9. The van der Waals surface area contributed by atoms with E-state index in [1.807, 2.05) is 48.5 Å². The Bertz CT molecular complexity index is 742. The Morgan fingerprint density at radius 3 is 2.50 bits per heavy atom. The molecule has 0 amide bonds. The first-order valence-corrected chi connectivity index (χ1v) is 7.70. The lowest BCUT2D eigenvalue weighted by atomic mass is 10.1. The first-order valence-electron chi connectivity index (χ1n) is 7.70. The number of rotatable bonds is 7. The average Bonchev–Trinajstić information content (AvgIpc) is 3.16. The number of tetrazole rings is 1. The highest BCUT2D eigenvalue weighted by Gasteiger charge is 2.06. The van der Waals surface area contributed by atoms with E-state index in [-0.39, 0.29) is 12.6 Å². The van der Waals surface area contributed by atoms with E-state index in [4.69, 9.17) is 9.84 Å². The number of nitrogens with zero attached hydrogens (tertiary/aromatic N) is 4. The molecular formula is C17H19N5O2. The first-order chi connectivity index (χ1) is 11.8. The minimum Gasteiger partial charge on any atom is -0.491 e. The highest BCUT2D eigenvalue weighted by molar-refractivity contribution is 5.48. The van der Waals surface area contributed by atoms with Crippen molar-refractivity contribution in [3.63, 3.8) is 0 Å². The van der Waals surface area contributed by atoms with E-state index in [1.54, 1.807) is 11.0 Å². The van der Waals surface area contributed by atoms with Crippen molar-refractivity contribution < 1.29 is 9.84 Å². The van der Waals surface area contributed by atoms with Crippen molar-refractivity contribution in [3.05, 3.63) is 60.4 Å². The molecule has 0 saturated carbocycles. The number of anilines is 1. The zero-order chi connectivity index (χ0) is 16.8. The lowest BCUT2D eigenvalue weighted by molar-refractivity contribution is 0.201. The molecule has 124 valence electrons. The van der Waals surface area contributed by atoms with Crippen molar-refractivity contribution in [2.45, 2.75) is 13.0 Å². The molecule has 0 bridgehead atoms. The van der Waals surface area contributed by atoms with Gasteiger partial charge in [0.2, 0.25) is 0 Å². The fourth-order valence-corrected chi connectivity index (χ4v) is 2.34. The average molecular weight is 325 g/mol. The minimum absolute atomic E-state index is 0.0116. The van der Waals surface area contributed by atoms with Crippen LogP contribution in [-0.4, -0.2) is 38.5 Å². The maximum Gasteiger partial charge on any atom is 0.143 e. The van der Waals surface area contributed by atoms with Gasteiger partial charge in [-0.1, -0.05) is 12.1 Å². The van der Waals surface area contributed by atoms with Crippen molar-refractivity contribution in [2.24, 2.45) is 0 Å². The Morgan fingerprint density at radius 2 is 1.88 bits per heavy atom. The van der Waals surface area contributed by atoms with E-state index in [9.17, 15) is 0 Å². The maximum absolute atomic E-state index is 8.76. The summed E-state index contributed by atoms with van der Waals surface area (Å²) in [6.45, 7) is 2.41. The number of hydrogen-bond acceptors (Lipinski definition) is 6. The number of aliphatic hydroxyl groups is 1. The van der Waals surface area contributed by atoms with Crippen LogP contribution in [0.4, 0.5) is 5.69 Å². The number of benzene rings is 2. The SMILES string of the molecule is CC(Nc1ccc(OCCO)cc1)c1ccc(-n2cnnn2)cc1. The van der Waals surface area contributed by atoms with Crippen LogP contribution < -0.4 is 10.1 Å². The minimum atomic E-state index is 0.0116. The summed E-state index contributed by atoms with van der Waals surface area (Å²) in [5, 5.41) is 23.3. The lowest BCUT2D eigenvalue weighted by Gasteiger charge is -2.16. The highest BCUT2D eigenvalue weighted by Crippen LogP contribution is 2.22. The van der Waals surface area contributed by atoms with Crippen molar-refractivity contribution >= 4 is 5.69 Å². The molecule has 7 heteroatoms. The molecule has 0 aliphatic heterocycles. The zero-order valence-electron chi connectivity index (χ0n) is 13.3. The van der Waals surface area contributed by atoms with Gasteiger partial charge in [-0.15, -0.1) is 5.10 Å². The molecule has 7 nitrogen and oxygen atoms in total. The number of nitrogens with one attached hydrogen (secondary N) is 1. The summed E-state index contributed by atoms with van der Waals surface area (Å²) in [7, 11) is 0. The third kappa shape index (κ3) is 3.88. The van der Waals surface area contributed by atoms with Gasteiger partial charge in [0.1, 0.15) is 18.7 Å². The van der Waals surface area contributed by atoms with Crippen LogP contribution >= 0.6 is 0 Å². The van der Waals surface area contributed by atoms with Crippen molar-refractivity contribution in [2.75, 3.05) is 18.5 Å². The number of hydrogen-bond donors (Lipinski definition) is 2. The summed E-state index contributed by atoms with van der Waals surface area (Å²) in [6.07, 6.45) is 1.57. The molecular weight excluding hydrogens is 306 g/mol. The number of ether oxygens (including phenoxy) is 1. The Hall–Kier alpha value is -2.93. The van der Waals surface area contributed by atoms with E-state index in [1.165, 1.54) is 0 Å². The molecule has 2 N–H and O–H groups in total. The van der Waals surface area contributed by atoms with Crippen molar-refractivity contribution in [3.8, 4) is 11.4 Å². The third-order valence-electron chi connectivity index (χ3n) is 3.60. The monoisotopic (exact) mass is 325 g/mol. The van der Waals surface area contributed by atoms with Crippen LogP contribution in [0.25, 0.3) is 5.69 Å². The normalized spacial score (nSPS) is 11.9. The molecule has 3 rings (SSSR count). The molecule has 0 saturated heterocycles. The van der Waals surface area contributed by atoms with E-state index in [2.05, 4.69) is 27.8 Å². The molecule has 3 aromatic rings. The van der Waals surface area contributed by atoms with Crippen LogP contribution in [0.1, 0.15) is 18.5 Å². The van der Waals surface area contributed by atoms with Gasteiger partial charge in [-0.3, -0.25) is 0 Å². The van der Waals surface area contributed by atoms with Crippen LogP contribution in [0, 0.1) is 0 Å². The van der Waals surface area contributed by atoms with E-state index in [0.717, 1.165) is 22.7 Å². The van der Waals surface area contributed by atoms with Gasteiger partial charge in [0, 0.05) is 11.7 Å². The zero-order valence-corrected chi connectivity index (χ0v) is 13.3. The second kappa shape index (κ2) is 7.56. The summed E-state index contributed by atoms with van der Waals surface area (Å²) in [5.74, 6) is 0.744. The van der Waals surface area contributed by atoms with Crippen molar-refractivity contribution in [1.82, 2.24) is 20.2 Å². The van der Waals surface area contributed by atoms with Crippen LogP contribution in [0.3, 0.4) is 0 Å². The van der Waals surface area contributed by atoms with E-state index >= 15 is 0 Å². The topological polar surface area (TPSA) is 85.1 Å². The van der Waals surface area contributed by atoms with E-state index < -0.39 is 0 Å². The Morgan fingerprint density at radius 1 is 1.12 bits per heavy atom. The Kier molecular flexibility index (Phi) is 5.02. The fraction of sp³-hybridized carbons (Fsp3) is 0.235. The summed E-state index contributed by atoms with van der Waals surface area (Å²) in [5.41, 5.74) is 3.08. The predicted octanol–water partition coefficient (Wildman–Crippen LogP) is 2.21. The first kappa shape index (κ1) is 15.9. The molecule has 0 spiro atoms. The largest absolute Gasteiger partial charge is 0.491 e. The van der Waals surface area contributed by atoms with Gasteiger partial charge in [-0.25, -0.2) is 4.68 Å². The molecule has 2 aromatic carbocycles. The quantitative estimate of drug-likeness (QED) is 0.693. The second-order valence-electron chi connectivity index (χ2n) is 5.31. The van der Waals surface area contributed by atoms with Gasteiger partial charge in [0.15, 0.2) is 0 Å². The van der Waals surface area contributed by atoms with E-state index in [0.29, 0.717) is 6.61 Å². The molecule has 1 aromatic heterocycles. The lowest BCUT2D eigenvalue weighted by Crippen LogP contribution is -2.07. The number of aromatic nitrogens is 4. The molecule has 24 heavy (non-hydrogen) atoms. The molecule has 1 atom stereocenters. The molecule has 0 radical (unpaired) electrons. The van der Waals surface area contributed by atoms with Crippen LogP contribution in [0.15, 0.2) is 54.9 Å². The van der Waals surface area contributed by atoms with Gasteiger partial charge in [-0.2, -0.15) is 0 Å². The van der Waals surface area contributed by atoms with Crippen LogP contribution in [0.5, 0.6) is 5.75 Å². The summed E-state index contributed by atoms with van der Waals surface area (Å²) >= 11 is 0. The number of aliphatic hydroxyl groups excluding tert-OH is 1. The van der Waals surface area contributed by atoms with Gasteiger partial charge >= 0.3 is 0 Å². The Labute approximate surface area is 139 Å². The van der Waals surface area contributed by atoms with Gasteiger partial charge in [0.25, 0.3) is 0 Å². The molecule has 0 aliphatic carbocycles. The smallest absolute Gasteiger partial charge is 0.143 e. The molecule has 0 fully saturated rings. The predicted molar refractivity (Wildman–Crippen MR) is 90.2 cm³/mol. The molecule has 0 aliphatic rings. The summed E-state index contributed by atoms with van der Waals surface area (Å²) in [4.78, 5) is 0. The van der Waals surface area contributed by atoms with Crippen molar-refractivity contribution in [1.29, 1.82) is 0 Å².